The summed E-state index contributed by atoms with van der Waals surface area (Å²) in [5.74, 6) is -0.0683. The number of benzene rings is 2. The van der Waals surface area contributed by atoms with E-state index in [1.54, 1.807) is 30.3 Å². The molecule has 0 atom stereocenters. The molecule has 0 aliphatic carbocycles. The van der Waals surface area contributed by atoms with Crippen molar-refractivity contribution in [1.82, 2.24) is 14.3 Å². The number of rotatable bonds is 4. The molecule has 0 radical (unpaired) electrons. The number of aryl methyl sites for hydroxylation is 1. The number of hydrogen-bond donors (Lipinski definition) is 1. The zero-order valence-corrected chi connectivity index (χ0v) is 21.0. The summed E-state index contributed by atoms with van der Waals surface area (Å²) >= 11 is 0. The van der Waals surface area contributed by atoms with Gasteiger partial charge in [0.25, 0.3) is 11.5 Å². The van der Waals surface area contributed by atoms with Crippen LogP contribution in [0.4, 0.5) is 11.5 Å². The van der Waals surface area contributed by atoms with Gasteiger partial charge in [-0.3, -0.25) is 9.59 Å². The maximum atomic E-state index is 13.6. The molecule has 0 unspecified atom stereocenters. The van der Waals surface area contributed by atoms with Gasteiger partial charge in [0.2, 0.25) is 5.82 Å². The molecule has 0 bridgehead atoms. The maximum absolute atomic E-state index is 13.6. The first kappa shape index (κ1) is 24.7. The second kappa shape index (κ2) is 9.65. The van der Waals surface area contributed by atoms with Crippen LogP contribution in [0, 0.1) is 6.92 Å². The highest BCUT2D eigenvalue weighted by molar-refractivity contribution is 6.07. The highest BCUT2D eigenvalue weighted by Gasteiger charge is 2.30. The predicted octanol–water partition coefficient (Wildman–Crippen LogP) is 4.47. The van der Waals surface area contributed by atoms with Crippen LogP contribution in [0.2, 0.25) is 0 Å². The van der Waals surface area contributed by atoms with Gasteiger partial charge in [-0.1, -0.05) is 30.3 Å². The van der Waals surface area contributed by atoms with Gasteiger partial charge in [0.1, 0.15) is 0 Å². The molecule has 2 aromatic carbocycles. The molecule has 0 fully saturated rings. The molecule has 36 heavy (non-hydrogen) atoms. The van der Waals surface area contributed by atoms with E-state index in [4.69, 9.17) is 0 Å². The minimum Gasteiger partial charge on any atom is -0.429 e. The summed E-state index contributed by atoms with van der Waals surface area (Å²) in [5, 5.41) is 9.94. The average Bonchev–Trinajstić information content (AvgIpc) is 2.84. The average molecular weight is 484 g/mol. The summed E-state index contributed by atoms with van der Waals surface area (Å²) in [6.07, 6.45) is 4.51. The molecule has 0 aliphatic rings. The third-order valence-electron chi connectivity index (χ3n) is 5.80. The van der Waals surface area contributed by atoms with Gasteiger partial charge in [0, 0.05) is 48.0 Å². The van der Waals surface area contributed by atoms with Gasteiger partial charge in [-0.05, 0) is 63.6 Å². The molecular formula is C28H29N5O3. The minimum absolute atomic E-state index is 0.0310. The van der Waals surface area contributed by atoms with Crippen LogP contribution in [0.15, 0.2) is 89.0 Å². The van der Waals surface area contributed by atoms with Crippen molar-refractivity contribution in [3.05, 3.63) is 106 Å². The largest absolute Gasteiger partial charge is 0.429 e. The molecule has 0 aliphatic heterocycles. The molecule has 1 amide bonds. The predicted molar refractivity (Wildman–Crippen MR) is 139 cm³/mol. The molecule has 1 N–H and O–H groups in total. The van der Waals surface area contributed by atoms with E-state index in [1.807, 2.05) is 76.2 Å². The van der Waals surface area contributed by atoms with Crippen molar-refractivity contribution in [2.24, 2.45) is 12.0 Å². The van der Waals surface area contributed by atoms with E-state index in [9.17, 15) is 14.8 Å². The first-order valence-corrected chi connectivity index (χ1v) is 11.6. The standard InChI is InChI=1S/C28H29N5O3/c1-19-22(23-18-31(5)27(35)25(30-23)29-21-14-16-32(36)17-15-21)12-9-13-24(19)33(28(2,3)4)26(34)20-10-7-6-8-11-20/h6-18,36H,1-5H3. The number of pyridine rings is 1. The molecule has 8 nitrogen and oxygen atoms in total. The Morgan fingerprint density at radius 2 is 1.67 bits per heavy atom. The SMILES string of the molecule is Cc1c(-c2cn(C)c(=O)c(N=c3ccn(O)cc3)n2)cccc1N(C(=O)c1ccccc1)C(C)(C)C. The van der Waals surface area contributed by atoms with Crippen LogP contribution in [0.25, 0.3) is 11.3 Å². The van der Waals surface area contributed by atoms with E-state index in [0.29, 0.717) is 16.6 Å². The van der Waals surface area contributed by atoms with Crippen LogP contribution in [0.3, 0.4) is 0 Å². The number of nitrogens with zero attached hydrogens (tertiary/aromatic N) is 5. The van der Waals surface area contributed by atoms with Gasteiger partial charge in [-0.2, -0.15) is 0 Å². The zero-order chi connectivity index (χ0) is 26.0. The Labute approximate surface area is 209 Å². The van der Waals surface area contributed by atoms with Crippen LogP contribution < -0.4 is 15.8 Å². The Hall–Kier alpha value is -4.46. The first-order chi connectivity index (χ1) is 17.1. The summed E-state index contributed by atoms with van der Waals surface area (Å²) in [5.41, 5.74) is 2.73. The smallest absolute Gasteiger partial charge is 0.295 e. The highest BCUT2D eigenvalue weighted by Crippen LogP contribution is 2.34. The molecule has 0 saturated carbocycles. The number of aromatic nitrogens is 3. The Morgan fingerprint density at radius 1 is 1.00 bits per heavy atom. The Bertz CT molecular complexity index is 1530. The molecular weight excluding hydrogens is 454 g/mol. The van der Waals surface area contributed by atoms with E-state index in [0.717, 1.165) is 21.5 Å². The topological polar surface area (TPSA) is 92.7 Å². The van der Waals surface area contributed by atoms with E-state index < -0.39 is 5.54 Å². The van der Waals surface area contributed by atoms with Crippen molar-refractivity contribution in [2.75, 3.05) is 4.90 Å². The second-order valence-corrected chi connectivity index (χ2v) is 9.54. The summed E-state index contributed by atoms with van der Waals surface area (Å²) < 4.78 is 2.34. The summed E-state index contributed by atoms with van der Waals surface area (Å²) in [7, 11) is 1.65. The molecule has 2 aromatic heterocycles. The van der Waals surface area contributed by atoms with Gasteiger partial charge >= 0.3 is 0 Å². The maximum Gasteiger partial charge on any atom is 0.295 e. The highest BCUT2D eigenvalue weighted by atomic mass is 16.5. The van der Waals surface area contributed by atoms with Crippen molar-refractivity contribution >= 4 is 17.4 Å². The number of hydrogen-bond acceptors (Lipinski definition) is 5. The van der Waals surface area contributed by atoms with Crippen molar-refractivity contribution in [2.45, 2.75) is 33.2 Å². The number of carbonyl (C=O) groups excluding carboxylic acids is 1. The third kappa shape index (κ3) is 4.98. The Kier molecular flexibility index (Phi) is 6.61. The van der Waals surface area contributed by atoms with Crippen LogP contribution in [-0.4, -0.2) is 30.9 Å². The number of amides is 1. The second-order valence-electron chi connectivity index (χ2n) is 9.54. The van der Waals surface area contributed by atoms with Crippen LogP contribution in [-0.2, 0) is 7.05 Å². The number of anilines is 1. The number of carbonyl (C=O) groups is 1. The lowest BCUT2D eigenvalue weighted by Gasteiger charge is -2.37. The van der Waals surface area contributed by atoms with Gasteiger partial charge in [-0.15, -0.1) is 0 Å². The fraction of sp³-hybridized carbons (Fsp3) is 0.214. The molecule has 0 saturated heterocycles. The van der Waals surface area contributed by atoms with Crippen LogP contribution in [0.5, 0.6) is 0 Å². The lowest BCUT2D eigenvalue weighted by molar-refractivity contribution is 0.0965. The van der Waals surface area contributed by atoms with Crippen LogP contribution >= 0.6 is 0 Å². The van der Waals surface area contributed by atoms with Crippen molar-refractivity contribution in [1.29, 1.82) is 0 Å². The van der Waals surface area contributed by atoms with Gasteiger partial charge < -0.3 is 14.7 Å². The quantitative estimate of drug-likeness (QED) is 0.434. The van der Waals surface area contributed by atoms with E-state index in [2.05, 4.69) is 9.98 Å². The lowest BCUT2D eigenvalue weighted by Crippen LogP contribution is -2.46. The van der Waals surface area contributed by atoms with E-state index in [1.165, 1.54) is 17.0 Å². The summed E-state index contributed by atoms with van der Waals surface area (Å²) in [6, 6.07) is 18.1. The fourth-order valence-electron chi connectivity index (χ4n) is 4.03. The van der Waals surface area contributed by atoms with Crippen molar-refractivity contribution < 1.29 is 10.0 Å². The molecule has 0 spiro atoms. The van der Waals surface area contributed by atoms with E-state index >= 15 is 0 Å². The fourth-order valence-corrected chi connectivity index (χ4v) is 4.03. The molecule has 8 heteroatoms. The first-order valence-electron chi connectivity index (χ1n) is 11.6. The van der Waals surface area contributed by atoms with E-state index in [-0.39, 0.29) is 17.3 Å². The van der Waals surface area contributed by atoms with Crippen LogP contribution in [0.1, 0.15) is 36.7 Å². The van der Waals surface area contributed by atoms with Gasteiger partial charge in [-0.25, -0.2) is 14.7 Å². The third-order valence-corrected chi connectivity index (χ3v) is 5.80. The molecule has 184 valence electrons. The van der Waals surface area contributed by atoms with Gasteiger partial charge in [0.05, 0.1) is 11.1 Å². The molecule has 4 aromatic rings. The molecule has 4 rings (SSSR count). The normalized spacial score (nSPS) is 11.2. The minimum atomic E-state index is -0.495. The van der Waals surface area contributed by atoms with Crippen molar-refractivity contribution in [3.63, 3.8) is 0 Å². The lowest BCUT2D eigenvalue weighted by atomic mass is 9.97. The monoisotopic (exact) mass is 483 g/mol. The summed E-state index contributed by atoms with van der Waals surface area (Å²) in [6.45, 7) is 7.94. The Balaban J connectivity index is 1.86. The Morgan fingerprint density at radius 3 is 2.31 bits per heavy atom. The van der Waals surface area contributed by atoms with Crippen molar-refractivity contribution in [3.8, 4) is 11.3 Å². The molecule has 2 heterocycles. The summed E-state index contributed by atoms with van der Waals surface area (Å²) in [4.78, 5) is 37.1. The van der Waals surface area contributed by atoms with Gasteiger partial charge in [0.15, 0.2) is 0 Å². The zero-order valence-electron chi connectivity index (χ0n) is 21.0.